The summed E-state index contributed by atoms with van der Waals surface area (Å²) in [5.41, 5.74) is 3.39. The molecule has 3 rings (SSSR count). The van der Waals surface area contributed by atoms with Gasteiger partial charge in [0.05, 0.1) is 0 Å². The minimum absolute atomic E-state index is 0.691. The van der Waals surface area contributed by atoms with Crippen LogP contribution in [-0.4, -0.2) is 28.0 Å². The van der Waals surface area contributed by atoms with Gasteiger partial charge in [-0.3, -0.25) is 4.98 Å². The van der Waals surface area contributed by atoms with Crippen LogP contribution in [0.2, 0.25) is 0 Å². The number of nitrogens with zero attached hydrogens (tertiary/aromatic N) is 4. The van der Waals surface area contributed by atoms with E-state index < -0.39 is 0 Å². The highest BCUT2D eigenvalue weighted by molar-refractivity contribution is 5.62. The van der Waals surface area contributed by atoms with Crippen LogP contribution >= 0.6 is 0 Å². The van der Waals surface area contributed by atoms with Gasteiger partial charge in [-0.1, -0.05) is 0 Å². The van der Waals surface area contributed by atoms with E-state index in [0.29, 0.717) is 6.54 Å². The van der Waals surface area contributed by atoms with Crippen molar-refractivity contribution in [1.82, 2.24) is 15.0 Å². The molecule has 1 aromatic carbocycles. The lowest BCUT2D eigenvalue weighted by Crippen LogP contribution is -2.21. The smallest absolute Gasteiger partial charge is 0.136 e. The lowest BCUT2D eigenvalue weighted by molar-refractivity contribution is 0.866. The molecule has 2 heterocycles. The van der Waals surface area contributed by atoms with Crippen LogP contribution in [0.3, 0.4) is 0 Å². The molecule has 0 spiro atoms. The van der Waals surface area contributed by atoms with E-state index in [0.717, 1.165) is 41.8 Å². The van der Waals surface area contributed by atoms with Crippen LogP contribution in [0.4, 0.5) is 23.0 Å². The van der Waals surface area contributed by atoms with E-state index in [9.17, 15) is 0 Å². The Hall–Kier alpha value is -3.15. The molecular formula is C21H26N6. The minimum Gasteiger partial charge on any atom is -0.372 e. The molecule has 0 bridgehead atoms. The van der Waals surface area contributed by atoms with Gasteiger partial charge in [0.1, 0.15) is 17.5 Å². The molecule has 0 saturated carbocycles. The summed E-state index contributed by atoms with van der Waals surface area (Å²) < 4.78 is 0. The molecule has 0 unspecified atom stereocenters. The SMILES string of the molecule is CCN(CC)c1ccc(Nc2cc(NCc3ccncc3)nc(C)n2)cc1. The third-order valence-corrected chi connectivity index (χ3v) is 4.33. The summed E-state index contributed by atoms with van der Waals surface area (Å²) in [5.74, 6) is 2.29. The van der Waals surface area contributed by atoms with Crippen LogP contribution in [0.25, 0.3) is 0 Å². The predicted octanol–water partition coefficient (Wildman–Crippen LogP) is 4.38. The third-order valence-electron chi connectivity index (χ3n) is 4.33. The molecule has 0 aliphatic carbocycles. The first-order chi connectivity index (χ1) is 13.2. The fourth-order valence-electron chi connectivity index (χ4n) is 2.91. The molecule has 6 nitrogen and oxygen atoms in total. The van der Waals surface area contributed by atoms with Gasteiger partial charge in [-0.2, -0.15) is 0 Å². The van der Waals surface area contributed by atoms with Crippen molar-refractivity contribution in [3.05, 3.63) is 66.2 Å². The van der Waals surface area contributed by atoms with Crippen LogP contribution in [0, 0.1) is 6.92 Å². The molecule has 140 valence electrons. The minimum atomic E-state index is 0.691. The Kier molecular flexibility index (Phi) is 6.20. The molecule has 0 aliphatic rings. The predicted molar refractivity (Wildman–Crippen MR) is 112 cm³/mol. The van der Waals surface area contributed by atoms with E-state index in [1.165, 1.54) is 5.69 Å². The van der Waals surface area contributed by atoms with Gasteiger partial charge < -0.3 is 15.5 Å². The zero-order valence-electron chi connectivity index (χ0n) is 16.1. The largest absolute Gasteiger partial charge is 0.372 e. The fourth-order valence-corrected chi connectivity index (χ4v) is 2.91. The third kappa shape index (κ3) is 5.17. The van der Waals surface area contributed by atoms with Crippen LogP contribution < -0.4 is 15.5 Å². The molecule has 0 fully saturated rings. The van der Waals surface area contributed by atoms with Crippen LogP contribution in [0.15, 0.2) is 54.9 Å². The summed E-state index contributed by atoms with van der Waals surface area (Å²) in [6, 6.07) is 14.3. The normalized spacial score (nSPS) is 10.5. The maximum atomic E-state index is 4.49. The number of nitrogens with one attached hydrogen (secondary N) is 2. The molecule has 6 heteroatoms. The zero-order valence-corrected chi connectivity index (χ0v) is 16.1. The van der Waals surface area contributed by atoms with E-state index in [2.05, 4.69) is 68.6 Å². The van der Waals surface area contributed by atoms with Gasteiger partial charge in [0, 0.05) is 49.5 Å². The number of hydrogen-bond acceptors (Lipinski definition) is 6. The van der Waals surface area contributed by atoms with Crippen LogP contribution in [-0.2, 0) is 6.54 Å². The van der Waals surface area contributed by atoms with E-state index in [4.69, 9.17) is 0 Å². The Balaban J connectivity index is 1.68. The number of rotatable bonds is 8. The quantitative estimate of drug-likeness (QED) is 0.620. The van der Waals surface area contributed by atoms with Gasteiger partial charge >= 0.3 is 0 Å². The number of hydrogen-bond donors (Lipinski definition) is 2. The maximum absolute atomic E-state index is 4.49. The van der Waals surface area contributed by atoms with Crippen molar-refractivity contribution in [1.29, 1.82) is 0 Å². The Labute approximate surface area is 160 Å². The van der Waals surface area contributed by atoms with Gasteiger partial charge in [0.25, 0.3) is 0 Å². The van der Waals surface area contributed by atoms with Crippen molar-refractivity contribution in [2.75, 3.05) is 28.6 Å². The molecule has 0 atom stereocenters. The highest BCUT2D eigenvalue weighted by Crippen LogP contribution is 2.21. The van der Waals surface area contributed by atoms with Crippen molar-refractivity contribution >= 4 is 23.0 Å². The van der Waals surface area contributed by atoms with Crippen molar-refractivity contribution in [2.24, 2.45) is 0 Å². The van der Waals surface area contributed by atoms with Crippen molar-refractivity contribution in [3.8, 4) is 0 Å². The van der Waals surface area contributed by atoms with Gasteiger partial charge in [-0.15, -0.1) is 0 Å². The molecule has 0 amide bonds. The first-order valence-electron chi connectivity index (χ1n) is 9.28. The highest BCUT2D eigenvalue weighted by Gasteiger charge is 2.05. The summed E-state index contributed by atoms with van der Waals surface area (Å²) in [7, 11) is 0. The van der Waals surface area contributed by atoms with E-state index in [1.54, 1.807) is 12.4 Å². The molecule has 2 aromatic heterocycles. The average Bonchev–Trinajstić information content (AvgIpc) is 2.69. The Morgan fingerprint density at radius 3 is 2.22 bits per heavy atom. The number of benzene rings is 1. The molecule has 0 saturated heterocycles. The standard InChI is InChI=1S/C21H26N6/c1-4-27(5-2)19-8-6-18(7-9-19)26-21-14-20(24-16(3)25-21)23-15-17-10-12-22-13-11-17/h6-14H,4-5,15H2,1-3H3,(H2,23,24,25,26). The van der Waals surface area contributed by atoms with E-state index in [-0.39, 0.29) is 0 Å². The molecule has 0 aliphatic heterocycles. The summed E-state index contributed by atoms with van der Waals surface area (Å²) in [6.07, 6.45) is 3.58. The Morgan fingerprint density at radius 1 is 0.889 bits per heavy atom. The molecular weight excluding hydrogens is 336 g/mol. The number of aromatic nitrogens is 3. The van der Waals surface area contributed by atoms with Gasteiger partial charge in [0.15, 0.2) is 0 Å². The van der Waals surface area contributed by atoms with Crippen molar-refractivity contribution < 1.29 is 0 Å². The summed E-state index contributed by atoms with van der Waals surface area (Å²) in [6.45, 7) is 8.92. The highest BCUT2D eigenvalue weighted by atomic mass is 15.1. The molecule has 0 radical (unpaired) electrons. The monoisotopic (exact) mass is 362 g/mol. The number of anilines is 4. The zero-order chi connectivity index (χ0) is 19.1. The van der Waals surface area contributed by atoms with Gasteiger partial charge in [0.2, 0.25) is 0 Å². The van der Waals surface area contributed by atoms with Gasteiger partial charge in [-0.05, 0) is 62.7 Å². The first kappa shape index (κ1) is 18.6. The number of aryl methyl sites for hydroxylation is 1. The second-order valence-corrected chi connectivity index (χ2v) is 6.24. The topological polar surface area (TPSA) is 66.0 Å². The second kappa shape index (κ2) is 8.98. The molecule has 3 aromatic rings. The average molecular weight is 362 g/mol. The Morgan fingerprint density at radius 2 is 1.56 bits per heavy atom. The number of pyridine rings is 1. The lowest BCUT2D eigenvalue weighted by atomic mass is 10.2. The maximum Gasteiger partial charge on any atom is 0.136 e. The Bertz CT molecular complexity index is 844. The van der Waals surface area contributed by atoms with Crippen LogP contribution in [0.1, 0.15) is 25.2 Å². The van der Waals surface area contributed by atoms with E-state index >= 15 is 0 Å². The van der Waals surface area contributed by atoms with Gasteiger partial charge in [-0.25, -0.2) is 9.97 Å². The van der Waals surface area contributed by atoms with Crippen LogP contribution in [0.5, 0.6) is 0 Å². The lowest BCUT2D eigenvalue weighted by Gasteiger charge is -2.21. The molecule has 27 heavy (non-hydrogen) atoms. The van der Waals surface area contributed by atoms with Crippen molar-refractivity contribution in [2.45, 2.75) is 27.3 Å². The summed E-state index contributed by atoms with van der Waals surface area (Å²) >= 11 is 0. The fraction of sp³-hybridized carbons (Fsp3) is 0.286. The first-order valence-corrected chi connectivity index (χ1v) is 9.28. The summed E-state index contributed by atoms with van der Waals surface area (Å²) in [4.78, 5) is 15.3. The van der Waals surface area contributed by atoms with E-state index in [1.807, 2.05) is 25.1 Å². The molecule has 2 N–H and O–H groups in total. The second-order valence-electron chi connectivity index (χ2n) is 6.24. The summed E-state index contributed by atoms with van der Waals surface area (Å²) in [5, 5.41) is 6.71. The van der Waals surface area contributed by atoms with Crippen molar-refractivity contribution in [3.63, 3.8) is 0 Å².